The molecule has 0 aliphatic rings. The molecule has 2 aromatic carbocycles. The number of carbonyl (C=O) groups is 1. The molecule has 11 heteroatoms. The van der Waals surface area contributed by atoms with E-state index in [1.807, 2.05) is 0 Å². The minimum atomic E-state index is -1.17. The lowest BCUT2D eigenvalue weighted by Gasteiger charge is -2.20. The maximum absolute atomic E-state index is 13.9. The fraction of sp³-hybridized carbons (Fsp3) is 0.125. The summed E-state index contributed by atoms with van der Waals surface area (Å²) in [5.41, 5.74) is -1.79. The minimum absolute atomic E-state index is 0.0201. The van der Waals surface area contributed by atoms with Crippen molar-refractivity contribution in [3.05, 3.63) is 69.5 Å². The van der Waals surface area contributed by atoms with E-state index >= 15 is 0 Å². The molecule has 27 heavy (non-hydrogen) atoms. The number of carbonyl (C=O) groups excluding carboxylic acids is 1. The Labute approximate surface area is 150 Å². The molecule has 1 amide bonds. The molecule has 0 saturated heterocycles. The number of para-hydroxylation sites is 2. The summed E-state index contributed by atoms with van der Waals surface area (Å²) in [5, 5.41) is 9.64. The predicted molar refractivity (Wildman–Crippen MR) is 91.2 cm³/mol. The lowest BCUT2D eigenvalue weighted by Crippen LogP contribution is -2.41. The fourth-order valence-electron chi connectivity index (χ4n) is 2.49. The van der Waals surface area contributed by atoms with Crippen LogP contribution in [0, 0.1) is 16.5 Å². The van der Waals surface area contributed by atoms with Gasteiger partial charge >= 0.3 is 11.7 Å². The van der Waals surface area contributed by atoms with E-state index in [2.05, 4.69) is 15.6 Å². The van der Waals surface area contributed by atoms with E-state index in [1.165, 1.54) is 12.1 Å². The Morgan fingerprint density at radius 2 is 1.78 bits per heavy atom. The van der Waals surface area contributed by atoms with Gasteiger partial charge in [-0.15, -0.1) is 9.59 Å². The molecule has 138 valence electrons. The second-order valence-corrected chi connectivity index (χ2v) is 5.26. The zero-order valence-corrected chi connectivity index (χ0v) is 13.9. The molecule has 3 aromatic rings. The van der Waals surface area contributed by atoms with E-state index in [0.717, 1.165) is 23.1 Å². The third-order valence-corrected chi connectivity index (χ3v) is 3.73. The van der Waals surface area contributed by atoms with Gasteiger partial charge in [0.05, 0.1) is 5.69 Å². The van der Waals surface area contributed by atoms with Gasteiger partial charge in [0.1, 0.15) is 11.4 Å². The van der Waals surface area contributed by atoms with Gasteiger partial charge in [0.15, 0.2) is 11.6 Å². The molecule has 0 spiro atoms. The first-order valence-corrected chi connectivity index (χ1v) is 7.73. The Hall–Kier alpha value is -3.76. The Bertz CT molecular complexity index is 1060. The first kappa shape index (κ1) is 18.0. The molecule has 0 unspecified atom stereocenters. The second-order valence-electron chi connectivity index (χ2n) is 5.26. The number of halogens is 2. The van der Waals surface area contributed by atoms with Crippen LogP contribution in [-0.4, -0.2) is 32.4 Å². The average molecular weight is 374 g/mol. The molecule has 0 atom stereocenters. The first-order valence-electron chi connectivity index (χ1n) is 7.73. The summed E-state index contributed by atoms with van der Waals surface area (Å²) in [6.07, 6.45) is 0. The standard InChI is InChI=1S/C16H12F2N6O3/c1-2-22(13-9-4-3-8-12(13)19-27)15(25)24-16(26)23(20-21-24)14-10(17)6-5-7-11(14)18/h3-9H,2H2,1H3. The zero-order valence-electron chi connectivity index (χ0n) is 13.9. The van der Waals surface area contributed by atoms with Crippen molar-refractivity contribution in [3.63, 3.8) is 0 Å². The SMILES string of the molecule is CCN(C(=O)n1nnn(-c2c(F)cccc2F)c1=O)c1ccccc1N=O. The van der Waals surface area contributed by atoms with Gasteiger partial charge < -0.3 is 0 Å². The maximum atomic E-state index is 13.9. The summed E-state index contributed by atoms with van der Waals surface area (Å²) in [4.78, 5) is 37.2. The highest BCUT2D eigenvalue weighted by atomic mass is 19.1. The van der Waals surface area contributed by atoms with Crippen molar-refractivity contribution >= 4 is 17.4 Å². The first-order chi connectivity index (χ1) is 13.0. The Balaban J connectivity index is 2.07. The van der Waals surface area contributed by atoms with Crippen molar-refractivity contribution in [1.82, 2.24) is 19.8 Å². The van der Waals surface area contributed by atoms with E-state index in [9.17, 15) is 23.3 Å². The highest BCUT2D eigenvalue weighted by molar-refractivity contribution is 5.95. The lowest BCUT2D eigenvalue weighted by atomic mass is 10.2. The normalized spacial score (nSPS) is 10.6. The van der Waals surface area contributed by atoms with E-state index in [0.29, 0.717) is 9.36 Å². The topological polar surface area (TPSA) is 102 Å². The van der Waals surface area contributed by atoms with Gasteiger partial charge in [0.25, 0.3) is 0 Å². The van der Waals surface area contributed by atoms with Gasteiger partial charge in [0, 0.05) is 6.54 Å². The van der Waals surface area contributed by atoms with Crippen LogP contribution >= 0.6 is 0 Å². The molecule has 1 heterocycles. The van der Waals surface area contributed by atoms with Gasteiger partial charge in [0.2, 0.25) is 0 Å². The van der Waals surface area contributed by atoms with Gasteiger partial charge in [-0.2, -0.15) is 4.68 Å². The molecule has 0 aliphatic carbocycles. The summed E-state index contributed by atoms with van der Waals surface area (Å²) in [6, 6.07) is 8.04. The summed E-state index contributed by atoms with van der Waals surface area (Å²) in [7, 11) is 0. The third kappa shape index (κ3) is 3.10. The van der Waals surface area contributed by atoms with Crippen LogP contribution < -0.4 is 10.6 Å². The highest BCUT2D eigenvalue weighted by Crippen LogP contribution is 2.28. The molecule has 0 fully saturated rings. The predicted octanol–water partition coefficient (Wildman–Crippen LogP) is 2.60. The Kier molecular flexibility index (Phi) is 4.83. The van der Waals surface area contributed by atoms with Crippen molar-refractivity contribution in [2.24, 2.45) is 5.18 Å². The second kappa shape index (κ2) is 7.23. The highest BCUT2D eigenvalue weighted by Gasteiger charge is 2.25. The van der Waals surface area contributed by atoms with E-state index in [-0.39, 0.29) is 17.9 Å². The number of hydrogen-bond donors (Lipinski definition) is 0. The van der Waals surface area contributed by atoms with Crippen LogP contribution in [0.2, 0.25) is 0 Å². The average Bonchev–Trinajstić information content (AvgIpc) is 3.04. The number of tetrazole rings is 1. The summed E-state index contributed by atoms with van der Waals surface area (Å²) >= 11 is 0. The number of rotatable bonds is 4. The van der Waals surface area contributed by atoms with Crippen molar-refractivity contribution in [2.45, 2.75) is 6.92 Å². The molecule has 9 nitrogen and oxygen atoms in total. The molecule has 0 radical (unpaired) electrons. The van der Waals surface area contributed by atoms with Gasteiger partial charge in [-0.25, -0.2) is 18.4 Å². The fourth-order valence-corrected chi connectivity index (χ4v) is 2.49. The molecule has 0 aliphatic heterocycles. The summed E-state index contributed by atoms with van der Waals surface area (Å²) < 4.78 is 28.5. The van der Waals surface area contributed by atoms with Crippen LogP contribution in [0.3, 0.4) is 0 Å². The number of hydrogen-bond acceptors (Lipinski definition) is 6. The number of amides is 1. The molecule has 1 aromatic heterocycles. The van der Waals surface area contributed by atoms with Crippen molar-refractivity contribution < 1.29 is 13.6 Å². The maximum Gasteiger partial charge on any atom is 0.377 e. The number of nitroso groups, excluding NO2 is 1. The molecule has 3 rings (SSSR count). The van der Waals surface area contributed by atoms with Crippen molar-refractivity contribution in [1.29, 1.82) is 0 Å². The van der Waals surface area contributed by atoms with Crippen LogP contribution in [0.15, 0.2) is 52.4 Å². The van der Waals surface area contributed by atoms with Crippen LogP contribution in [0.4, 0.5) is 25.0 Å². The molecule has 0 bridgehead atoms. The number of aromatic nitrogens is 4. The van der Waals surface area contributed by atoms with E-state index < -0.39 is 29.0 Å². The summed E-state index contributed by atoms with van der Waals surface area (Å²) in [6.45, 7) is 1.67. The quantitative estimate of drug-likeness (QED) is 0.516. The molecule has 0 saturated carbocycles. The third-order valence-electron chi connectivity index (χ3n) is 3.73. The van der Waals surface area contributed by atoms with Crippen LogP contribution in [0.25, 0.3) is 5.69 Å². The van der Waals surface area contributed by atoms with Crippen molar-refractivity contribution in [2.75, 3.05) is 11.4 Å². The monoisotopic (exact) mass is 374 g/mol. The van der Waals surface area contributed by atoms with E-state index in [4.69, 9.17) is 0 Å². The molecular formula is C16H12F2N6O3. The zero-order chi connectivity index (χ0) is 19.6. The minimum Gasteiger partial charge on any atom is -0.290 e. The van der Waals surface area contributed by atoms with Crippen LogP contribution in [-0.2, 0) is 0 Å². The van der Waals surface area contributed by atoms with Gasteiger partial charge in [-0.05, 0) is 46.8 Å². The molecule has 0 N–H and O–H groups in total. The smallest absolute Gasteiger partial charge is 0.290 e. The summed E-state index contributed by atoms with van der Waals surface area (Å²) in [5.74, 6) is -2.08. The Morgan fingerprint density at radius 3 is 2.41 bits per heavy atom. The van der Waals surface area contributed by atoms with Crippen LogP contribution in [0.5, 0.6) is 0 Å². The number of nitrogens with zero attached hydrogens (tertiary/aromatic N) is 6. The Morgan fingerprint density at radius 1 is 1.11 bits per heavy atom. The van der Waals surface area contributed by atoms with Crippen molar-refractivity contribution in [3.8, 4) is 5.69 Å². The van der Waals surface area contributed by atoms with E-state index in [1.54, 1.807) is 19.1 Å². The van der Waals surface area contributed by atoms with Crippen LogP contribution in [0.1, 0.15) is 6.92 Å². The largest absolute Gasteiger partial charge is 0.377 e. The van der Waals surface area contributed by atoms with Gasteiger partial charge in [-0.1, -0.05) is 18.2 Å². The lowest BCUT2D eigenvalue weighted by molar-refractivity contribution is 0.244. The number of anilines is 1. The molecular weight excluding hydrogens is 362 g/mol. The van der Waals surface area contributed by atoms with Gasteiger partial charge in [-0.3, -0.25) is 4.90 Å². The number of benzene rings is 2.